The van der Waals surface area contributed by atoms with Crippen LogP contribution in [-0.2, 0) is 6.54 Å². The normalized spacial score (nSPS) is 20.4. The average molecular weight is 268 g/mol. The highest BCUT2D eigenvalue weighted by molar-refractivity contribution is 8.14. The van der Waals surface area contributed by atoms with E-state index in [-0.39, 0.29) is 0 Å². The molecule has 2 aromatic carbocycles. The van der Waals surface area contributed by atoms with Gasteiger partial charge >= 0.3 is 0 Å². The van der Waals surface area contributed by atoms with Gasteiger partial charge in [-0.3, -0.25) is 4.99 Å². The van der Waals surface area contributed by atoms with E-state index < -0.39 is 0 Å². The Hall–Kier alpha value is -1.74. The lowest BCUT2D eigenvalue weighted by molar-refractivity contribution is 0.748. The van der Waals surface area contributed by atoms with Crippen molar-refractivity contribution in [2.24, 2.45) is 4.99 Å². The van der Waals surface area contributed by atoms with Crippen molar-refractivity contribution in [1.29, 1.82) is 0 Å². The van der Waals surface area contributed by atoms with Gasteiger partial charge in [-0.1, -0.05) is 72.4 Å². The van der Waals surface area contributed by atoms with Gasteiger partial charge in [0, 0.05) is 5.75 Å². The molecule has 19 heavy (non-hydrogen) atoms. The topological polar surface area (TPSA) is 24.4 Å². The van der Waals surface area contributed by atoms with E-state index in [1.807, 2.05) is 6.07 Å². The number of aliphatic imine (C=N–C) groups is 1. The van der Waals surface area contributed by atoms with Gasteiger partial charge in [-0.2, -0.15) is 0 Å². The summed E-state index contributed by atoms with van der Waals surface area (Å²) >= 11 is 1.80. The van der Waals surface area contributed by atoms with E-state index in [9.17, 15) is 0 Å². The van der Waals surface area contributed by atoms with Crippen LogP contribution in [0.25, 0.3) is 0 Å². The molecule has 0 aromatic heterocycles. The lowest BCUT2D eigenvalue weighted by Gasteiger charge is -2.09. The van der Waals surface area contributed by atoms with E-state index in [1.165, 1.54) is 11.1 Å². The van der Waals surface area contributed by atoms with Gasteiger partial charge in [0.05, 0.1) is 12.6 Å². The van der Waals surface area contributed by atoms with Crippen LogP contribution in [0.2, 0.25) is 0 Å². The molecule has 0 aliphatic carbocycles. The van der Waals surface area contributed by atoms with Crippen molar-refractivity contribution in [2.45, 2.75) is 12.6 Å². The molecule has 1 saturated heterocycles. The van der Waals surface area contributed by atoms with Crippen LogP contribution in [0.15, 0.2) is 65.7 Å². The third-order valence-electron chi connectivity index (χ3n) is 3.13. The van der Waals surface area contributed by atoms with Crippen molar-refractivity contribution < 1.29 is 0 Å². The molecule has 96 valence electrons. The Balaban J connectivity index is 1.63. The first-order valence-electron chi connectivity index (χ1n) is 6.44. The molecule has 2 aromatic rings. The summed E-state index contributed by atoms with van der Waals surface area (Å²) in [4.78, 5) is 4.64. The van der Waals surface area contributed by atoms with E-state index in [0.29, 0.717) is 6.04 Å². The fourth-order valence-corrected chi connectivity index (χ4v) is 3.08. The molecule has 1 aliphatic rings. The van der Waals surface area contributed by atoms with E-state index in [0.717, 1.165) is 17.5 Å². The zero-order valence-corrected chi connectivity index (χ0v) is 11.4. The van der Waals surface area contributed by atoms with Gasteiger partial charge in [0.1, 0.15) is 0 Å². The van der Waals surface area contributed by atoms with Crippen molar-refractivity contribution in [1.82, 2.24) is 5.32 Å². The Labute approximate surface area is 118 Å². The van der Waals surface area contributed by atoms with Gasteiger partial charge in [-0.15, -0.1) is 0 Å². The maximum atomic E-state index is 4.64. The second kappa shape index (κ2) is 5.93. The Morgan fingerprint density at radius 2 is 1.68 bits per heavy atom. The van der Waals surface area contributed by atoms with E-state index in [4.69, 9.17) is 0 Å². The monoisotopic (exact) mass is 268 g/mol. The maximum absolute atomic E-state index is 4.64. The van der Waals surface area contributed by atoms with Crippen molar-refractivity contribution in [3.63, 3.8) is 0 Å². The average Bonchev–Trinajstić information content (AvgIpc) is 2.96. The van der Waals surface area contributed by atoms with Gasteiger partial charge in [0.25, 0.3) is 0 Å². The van der Waals surface area contributed by atoms with Gasteiger partial charge in [0.15, 0.2) is 5.17 Å². The minimum atomic E-state index is 0.390. The van der Waals surface area contributed by atoms with Crippen LogP contribution in [0.1, 0.15) is 17.2 Å². The molecule has 0 saturated carbocycles. The first kappa shape index (κ1) is 12.3. The number of rotatable bonds is 3. The Morgan fingerprint density at radius 1 is 1.00 bits per heavy atom. The van der Waals surface area contributed by atoms with Crippen molar-refractivity contribution in [3.8, 4) is 0 Å². The summed E-state index contributed by atoms with van der Waals surface area (Å²) < 4.78 is 0. The lowest BCUT2D eigenvalue weighted by atomic mass is 10.1. The Bertz CT molecular complexity index is 551. The summed E-state index contributed by atoms with van der Waals surface area (Å²) in [7, 11) is 0. The van der Waals surface area contributed by atoms with E-state index in [1.54, 1.807) is 11.8 Å². The fraction of sp³-hybridized carbons (Fsp3) is 0.188. The first-order valence-corrected chi connectivity index (χ1v) is 7.43. The summed E-state index contributed by atoms with van der Waals surface area (Å²) in [5, 5.41) is 4.54. The van der Waals surface area contributed by atoms with Crippen molar-refractivity contribution in [2.75, 3.05) is 5.75 Å². The molecule has 1 fully saturated rings. The Morgan fingerprint density at radius 3 is 2.42 bits per heavy atom. The van der Waals surface area contributed by atoms with Crippen LogP contribution in [0.3, 0.4) is 0 Å². The molecule has 1 N–H and O–H groups in total. The van der Waals surface area contributed by atoms with Crippen molar-refractivity contribution >= 4 is 16.9 Å². The lowest BCUT2D eigenvalue weighted by Crippen LogP contribution is -2.19. The van der Waals surface area contributed by atoms with Gasteiger partial charge in [0.2, 0.25) is 0 Å². The molecule has 1 atom stereocenters. The fourth-order valence-electron chi connectivity index (χ4n) is 2.10. The van der Waals surface area contributed by atoms with Crippen LogP contribution in [0.4, 0.5) is 0 Å². The second-order valence-electron chi connectivity index (χ2n) is 4.53. The minimum absolute atomic E-state index is 0.390. The predicted octanol–water partition coefficient (Wildman–Crippen LogP) is 3.62. The number of hydrogen-bond acceptors (Lipinski definition) is 2. The molecular formula is C16H16N2S. The highest BCUT2D eigenvalue weighted by Gasteiger charge is 2.21. The zero-order chi connectivity index (χ0) is 12.9. The van der Waals surface area contributed by atoms with E-state index in [2.05, 4.69) is 64.9 Å². The van der Waals surface area contributed by atoms with Crippen LogP contribution >= 0.6 is 11.8 Å². The number of thioether (sulfide) groups is 1. The summed E-state index contributed by atoms with van der Waals surface area (Å²) in [6.07, 6.45) is 0. The molecule has 1 aliphatic heterocycles. The SMILES string of the molecule is c1ccc(CN=C2NC(c3ccccc3)CS2)cc1. The van der Waals surface area contributed by atoms with Gasteiger partial charge < -0.3 is 5.32 Å². The second-order valence-corrected chi connectivity index (χ2v) is 5.53. The number of benzene rings is 2. The standard InChI is InChI=1S/C16H16N2S/c1-3-7-13(8-4-1)11-17-16-18-15(12-19-16)14-9-5-2-6-10-14/h1-10,15H,11-12H2,(H,17,18). The highest BCUT2D eigenvalue weighted by Crippen LogP contribution is 2.26. The van der Waals surface area contributed by atoms with Crippen LogP contribution < -0.4 is 5.32 Å². The van der Waals surface area contributed by atoms with Crippen LogP contribution in [0.5, 0.6) is 0 Å². The first-order chi connectivity index (χ1) is 9.42. The smallest absolute Gasteiger partial charge is 0.157 e. The Kier molecular flexibility index (Phi) is 3.84. The number of nitrogens with zero attached hydrogens (tertiary/aromatic N) is 1. The molecule has 0 radical (unpaired) electrons. The third kappa shape index (κ3) is 3.18. The molecule has 0 amide bonds. The van der Waals surface area contributed by atoms with E-state index >= 15 is 0 Å². The largest absolute Gasteiger partial charge is 0.357 e. The number of hydrogen-bond donors (Lipinski definition) is 1. The summed E-state index contributed by atoms with van der Waals surface area (Å²) in [6.45, 7) is 0.748. The molecule has 1 unspecified atom stereocenters. The van der Waals surface area contributed by atoms with Crippen LogP contribution in [0, 0.1) is 0 Å². The minimum Gasteiger partial charge on any atom is -0.357 e. The van der Waals surface area contributed by atoms with Crippen LogP contribution in [-0.4, -0.2) is 10.9 Å². The van der Waals surface area contributed by atoms with Gasteiger partial charge in [-0.05, 0) is 11.1 Å². The quantitative estimate of drug-likeness (QED) is 0.919. The van der Waals surface area contributed by atoms with Gasteiger partial charge in [-0.25, -0.2) is 0 Å². The summed E-state index contributed by atoms with van der Waals surface area (Å²) in [6, 6.07) is 21.3. The molecule has 1 heterocycles. The maximum Gasteiger partial charge on any atom is 0.157 e. The summed E-state index contributed by atoms with van der Waals surface area (Å²) in [5.74, 6) is 1.05. The molecule has 0 bridgehead atoms. The highest BCUT2D eigenvalue weighted by atomic mass is 32.2. The molecule has 0 spiro atoms. The number of nitrogens with one attached hydrogen (secondary N) is 1. The molecular weight excluding hydrogens is 252 g/mol. The zero-order valence-electron chi connectivity index (χ0n) is 10.6. The molecule has 2 nitrogen and oxygen atoms in total. The molecule has 3 rings (SSSR count). The third-order valence-corrected chi connectivity index (χ3v) is 4.15. The summed E-state index contributed by atoms with van der Waals surface area (Å²) in [5.41, 5.74) is 2.58. The predicted molar refractivity (Wildman–Crippen MR) is 82.4 cm³/mol. The molecule has 3 heteroatoms. The van der Waals surface area contributed by atoms with Crippen molar-refractivity contribution in [3.05, 3.63) is 71.8 Å². The number of amidine groups is 1.